The van der Waals surface area contributed by atoms with Crippen LogP contribution in [-0.2, 0) is 12.8 Å². The van der Waals surface area contributed by atoms with Gasteiger partial charge in [-0.2, -0.15) is 0 Å². The van der Waals surface area contributed by atoms with Crippen LogP contribution in [0.5, 0.6) is 0 Å². The van der Waals surface area contributed by atoms with E-state index in [9.17, 15) is 0 Å². The first-order valence-corrected chi connectivity index (χ1v) is 7.11. The maximum absolute atomic E-state index is 2.51. The minimum atomic E-state index is 0.617. The summed E-state index contributed by atoms with van der Waals surface area (Å²) >= 11 is 0. The van der Waals surface area contributed by atoms with Gasteiger partial charge in [-0.3, -0.25) is 0 Å². The summed E-state index contributed by atoms with van der Waals surface area (Å²) < 4.78 is 0. The van der Waals surface area contributed by atoms with Gasteiger partial charge in [0.2, 0.25) is 0 Å². The summed E-state index contributed by atoms with van der Waals surface area (Å²) in [6.45, 7) is 6.92. The molecule has 2 rings (SSSR count). The number of rotatable bonds is 5. The topological polar surface area (TPSA) is 6.48 Å². The molecular formula is C16H26N2. The average molecular weight is 246 g/mol. The molecule has 0 fully saturated rings. The largest absolute Gasteiger partial charge is 0.369 e. The van der Waals surface area contributed by atoms with Gasteiger partial charge in [-0.25, -0.2) is 0 Å². The lowest BCUT2D eigenvalue weighted by molar-refractivity contribution is 0.400. The van der Waals surface area contributed by atoms with E-state index in [0.29, 0.717) is 6.04 Å². The van der Waals surface area contributed by atoms with E-state index >= 15 is 0 Å². The maximum Gasteiger partial charge on any atom is 0.0402 e. The zero-order chi connectivity index (χ0) is 13.1. The van der Waals surface area contributed by atoms with Crippen LogP contribution in [0.15, 0.2) is 18.2 Å². The van der Waals surface area contributed by atoms with E-state index in [1.165, 1.54) is 43.6 Å². The molecule has 0 unspecified atom stereocenters. The second-order valence-corrected chi connectivity index (χ2v) is 5.91. The van der Waals surface area contributed by atoms with Crippen molar-refractivity contribution in [3.05, 3.63) is 29.3 Å². The second-order valence-electron chi connectivity index (χ2n) is 5.91. The number of hydrogen-bond donors (Lipinski definition) is 0. The third-order valence-electron chi connectivity index (χ3n) is 3.77. The molecule has 1 aromatic carbocycles. The highest BCUT2D eigenvalue weighted by molar-refractivity contribution is 5.59. The molecule has 2 heteroatoms. The quantitative estimate of drug-likeness (QED) is 0.788. The summed E-state index contributed by atoms with van der Waals surface area (Å²) in [6.07, 6.45) is 3.67. The van der Waals surface area contributed by atoms with Gasteiger partial charge in [0.1, 0.15) is 0 Å². The average Bonchev–Trinajstić information content (AvgIpc) is 2.71. The van der Waals surface area contributed by atoms with E-state index in [1.54, 1.807) is 5.56 Å². The highest BCUT2D eigenvalue weighted by Crippen LogP contribution is 2.30. The van der Waals surface area contributed by atoms with Gasteiger partial charge in [-0.15, -0.1) is 0 Å². The van der Waals surface area contributed by atoms with Crippen molar-refractivity contribution in [2.45, 2.75) is 39.2 Å². The number of nitrogens with zero attached hydrogens (tertiary/aromatic N) is 2. The van der Waals surface area contributed by atoms with Gasteiger partial charge in [0.05, 0.1) is 0 Å². The zero-order valence-electron chi connectivity index (χ0n) is 12.2. The molecule has 2 nitrogen and oxygen atoms in total. The molecule has 0 spiro atoms. The van der Waals surface area contributed by atoms with E-state index in [0.717, 1.165) is 0 Å². The lowest BCUT2D eigenvalue weighted by Crippen LogP contribution is -2.28. The molecule has 100 valence electrons. The van der Waals surface area contributed by atoms with E-state index in [1.807, 2.05) is 0 Å². The molecular weight excluding hydrogens is 220 g/mol. The molecule has 0 aromatic heterocycles. The summed E-state index contributed by atoms with van der Waals surface area (Å²) in [4.78, 5) is 4.77. The molecule has 0 radical (unpaired) electrons. The van der Waals surface area contributed by atoms with Crippen molar-refractivity contribution >= 4 is 5.69 Å². The van der Waals surface area contributed by atoms with E-state index < -0.39 is 0 Å². The molecule has 1 heterocycles. The van der Waals surface area contributed by atoms with Crippen molar-refractivity contribution in [3.8, 4) is 0 Å². The summed E-state index contributed by atoms with van der Waals surface area (Å²) in [5, 5.41) is 0. The fourth-order valence-corrected chi connectivity index (χ4v) is 2.77. The molecule has 0 N–H and O–H groups in total. The summed E-state index contributed by atoms with van der Waals surface area (Å²) in [5.74, 6) is 0. The van der Waals surface area contributed by atoms with Gasteiger partial charge < -0.3 is 9.80 Å². The van der Waals surface area contributed by atoms with Crippen LogP contribution in [0.3, 0.4) is 0 Å². The standard InChI is InChI=1S/C16H26N2/c1-13(2)18-11-9-15-12-14(7-8-16(15)18)6-5-10-17(3)4/h7-8,12-13H,5-6,9-11H2,1-4H3. The first-order valence-electron chi connectivity index (χ1n) is 7.11. The summed E-state index contributed by atoms with van der Waals surface area (Å²) in [5.41, 5.74) is 4.51. The zero-order valence-corrected chi connectivity index (χ0v) is 12.2. The maximum atomic E-state index is 2.51. The summed E-state index contributed by atoms with van der Waals surface area (Å²) in [7, 11) is 4.28. The van der Waals surface area contributed by atoms with E-state index in [-0.39, 0.29) is 0 Å². The van der Waals surface area contributed by atoms with Crippen molar-refractivity contribution < 1.29 is 0 Å². The molecule has 1 aliphatic rings. The number of benzene rings is 1. The van der Waals surface area contributed by atoms with Crippen molar-refractivity contribution in [1.29, 1.82) is 0 Å². The third-order valence-corrected chi connectivity index (χ3v) is 3.77. The smallest absolute Gasteiger partial charge is 0.0402 e. The van der Waals surface area contributed by atoms with Crippen molar-refractivity contribution in [2.24, 2.45) is 0 Å². The van der Waals surface area contributed by atoms with Gasteiger partial charge in [0.25, 0.3) is 0 Å². The molecule has 0 amide bonds. The highest BCUT2D eigenvalue weighted by atomic mass is 15.2. The molecule has 1 aliphatic heterocycles. The van der Waals surface area contributed by atoms with Crippen LogP contribution in [0.1, 0.15) is 31.4 Å². The molecule has 0 bridgehead atoms. The van der Waals surface area contributed by atoms with Gasteiger partial charge in [0.15, 0.2) is 0 Å². The molecule has 1 aromatic rings. The Morgan fingerprint density at radius 3 is 2.72 bits per heavy atom. The predicted molar refractivity (Wildman–Crippen MR) is 79.5 cm³/mol. The number of anilines is 1. The minimum absolute atomic E-state index is 0.617. The van der Waals surface area contributed by atoms with Gasteiger partial charge >= 0.3 is 0 Å². The molecule has 0 aliphatic carbocycles. The Morgan fingerprint density at radius 1 is 1.28 bits per heavy atom. The fourth-order valence-electron chi connectivity index (χ4n) is 2.77. The molecule has 18 heavy (non-hydrogen) atoms. The van der Waals surface area contributed by atoms with Crippen LogP contribution in [0.25, 0.3) is 0 Å². The van der Waals surface area contributed by atoms with Gasteiger partial charge in [-0.1, -0.05) is 12.1 Å². The third kappa shape index (κ3) is 3.05. The van der Waals surface area contributed by atoms with E-state index in [2.05, 4.69) is 55.9 Å². The normalized spacial score (nSPS) is 14.7. The van der Waals surface area contributed by atoms with Crippen LogP contribution in [0.4, 0.5) is 5.69 Å². The SMILES string of the molecule is CC(C)N1CCc2cc(CCCN(C)C)ccc21. The van der Waals surface area contributed by atoms with E-state index in [4.69, 9.17) is 0 Å². The number of fused-ring (bicyclic) bond motifs is 1. The Labute approximate surface area is 112 Å². The van der Waals surface area contributed by atoms with Crippen LogP contribution >= 0.6 is 0 Å². The lowest BCUT2D eigenvalue weighted by atomic mass is 10.0. The Morgan fingerprint density at radius 2 is 2.06 bits per heavy atom. The lowest BCUT2D eigenvalue weighted by Gasteiger charge is -2.24. The van der Waals surface area contributed by atoms with Crippen molar-refractivity contribution in [2.75, 3.05) is 32.1 Å². The first kappa shape index (κ1) is 13.4. The van der Waals surface area contributed by atoms with Crippen molar-refractivity contribution in [3.63, 3.8) is 0 Å². The number of aryl methyl sites for hydroxylation is 1. The van der Waals surface area contributed by atoms with Crippen LogP contribution < -0.4 is 4.90 Å². The predicted octanol–water partition coefficient (Wildman–Crippen LogP) is 2.95. The van der Waals surface area contributed by atoms with Gasteiger partial charge in [0, 0.05) is 18.3 Å². The van der Waals surface area contributed by atoms with Crippen molar-refractivity contribution in [1.82, 2.24) is 4.90 Å². The molecule has 0 saturated heterocycles. The number of hydrogen-bond acceptors (Lipinski definition) is 2. The Kier molecular flexibility index (Phi) is 4.28. The summed E-state index contributed by atoms with van der Waals surface area (Å²) in [6, 6.07) is 7.68. The highest BCUT2D eigenvalue weighted by Gasteiger charge is 2.20. The van der Waals surface area contributed by atoms with Crippen LogP contribution in [-0.4, -0.2) is 38.1 Å². The Balaban J connectivity index is 2.01. The van der Waals surface area contributed by atoms with Crippen LogP contribution in [0, 0.1) is 0 Å². The molecule has 0 saturated carbocycles. The Hall–Kier alpha value is -1.02. The van der Waals surface area contributed by atoms with Gasteiger partial charge in [-0.05, 0) is 70.9 Å². The Bertz CT molecular complexity index is 396. The second kappa shape index (κ2) is 5.75. The minimum Gasteiger partial charge on any atom is -0.369 e. The molecule has 0 atom stereocenters. The fraction of sp³-hybridized carbons (Fsp3) is 0.625. The van der Waals surface area contributed by atoms with Crippen LogP contribution in [0.2, 0.25) is 0 Å². The first-order chi connectivity index (χ1) is 8.58. The monoisotopic (exact) mass is 246 g/mol.